The van der Waals surface area contributed by atoms with Crippen molar-refractivity contribution in [1.29, 1.82) is 0 Å². The van der Waals surface area contributed by atoms with Crippen molar-refractivity contribution >= 4 is 23.6 Å². The zero-order valence-electron chi connectivity index (χ0n) is 10.8. The van der Waals surface area contributed by atoms with Crippen LogP contribution in [-0.2, 0) is 9.59 Å². The minimum absolute atomic E-state index is 0.0816. The zero-order chi connectivity index (χ0) is 13.3. The number of amides is 2. The molecule has 2 aliphatic heterocycles. The molecule has 2 heterocycles. The molecule has 0 radical (unpaired) electrons. The zero-order valence-corrected chi connectivity index (χ0v) is 11.6. The predicted octanol–water partition coefficient (Wildman–Crippen LogP) is 0.327. The third-order valence-electron chi connectivity index (χ3n) is 3.61. The van der Waals surface area contributed by atoms with Crippen LogP contribution in [0.3, 0.4) is 0 Å². The van der Waals surface area contributed by atoms with Crippen molar-refractivity contribution in [3.8, 4) is 0 Å². The monoisotopic (exact) mass is 272 g/mol. The fraction of sp³-hybridized carbons (Fsp3) is 0.833. The Morgan fingerprint density at radius 3 is 3.11 bits per heavy atom. The number of rotatable bonds is 4. The van der Waals surface area contributed by atoms with Crippen LogP contribution in [0.4, 0.5) is 0 Å². The van der Waals surface area contributed by atoms with Gasteiger partial charge in [0.2, 0.25) is 11.8 Å². The number of aliphatic hydroxyl groups excluding tert-OH is 1. The van der Waals surface area contributed by atoms with Crippen molar-refractivity contribution in [1.82, 2.24) is 10.2 Å². The summed E-state index contributed by atoms with van der Waals surface area (Å²) in [7, 11) is 0. The van der Waals surface area contributed by atoms with Crippen LogP contribution in [-0.4, -0.2) is 51.1 Å². The highest BCUT2D eigenvalue weighted by atomic mass is 32.2. The number of nitrogens with one attached hydrogen (secondary N) is 1. The van der Waals surface area contributed by atoms with Crippen molar-refractivity contribution in [3.05, 3.63) is 0 Å². The number of carbonyl (C=O) groups excluding carboxylic acids is 2. The summed E-state index contributed by atoms with van der Waals surface area (Å²) < 4.78 is 0. The van der Waals surface area contributed by atoms with Gasteiger partial charge in [0.15, 0.2) is 0 Å². The van der Waals surface area contributed by atoms with Gasteiger partial charge in [-0.2, -0.15) is 0 Å². The van der Waals surface area contributed by atoms with Crippen molar-refractivity contribution in [2.75, 3.05) is 12.3 Å². The standard InChI is InChI=1S/C12H20N2O3S/c1-8(15)4-6-13-11(17)9-7-18-12(2)5-3-10(16)14(9)12/h8-9,15H,3-7H2,1-2H3,(H,13,17). The lowest BCUT2D eigenvalue weighted by molar-refractivity contribution is -0.137. The number of hydrogen-bond acceptors (Lipinski definition) is 4. The van der Waals surface area contributed by atoms with Gasteiger partial charge in [-0.3, -0.25) is 9.59 Å². The summed E-state index contributed by atoms with van der Waals surface area (Å²) in [6.45, 7) is 4.18. The Bertz CT molecular complexity index is 361. The van der Waals surface area contributed by atoms with E-state index in [2.05, 4.69) is 5.32 Å². The number of carbonyl (C=O) groups is 2. The molecular weight excluding hydrogens is 252 g/mol. The SMILES string of the molecule is CC(O)CCNC(=O)C1CSC2(C)CCC(=O)N12. The minimum atomic E-state index is -0.415. The smallest absolute Gasteiger partial charge is 0.243 e. The molecule has 6 heteroatoms. The lowest BCUT2D eigenvalue weighted by atomic mass is 10.2. The third-order valence-corrected chi connectivity index (χ3v) is 5.11. The summed E-state index contributed by atoms with van der Waals surface area (Å²) in [5.74, 6) is 0.656. The maximum Gasteiger partial charge on any atom is 0.243 e. The van der Waals surface area contributed by atoms with Crippen molar-refractivity contribution in [2.45, 2.75) is 50.1 Å². The molecular formula is C12H20N2O3S. The average molecular weight is 272 g/mol. The molecule has 3 unspecified atom stereocenters. The van der Waals surface area contributed by atoms with Gasteiger partial charge in [0, 0.05) is 18.7 Å². The molecule has 18 heavy (non-hydrogen) atoms. The highest BCUT2D eigenvalue weighted by Gasteiger charge is 2.52. The van der Waals surface area contributed by atoms with Crippen LogP contribution >= 0.6 is 11.8 Å². The van der Waals surface area contributed by atoms with Gasteiger partial charge in [0.25, 0.3) is 0 Å². The maximum absolute atomic E-state index is 12.1. The van der Waals surface area contributed by atoms with Crippen molar-refractivity contribution < 1.29 is 14.7 Å². The molecule has 0 aromatic rings. The van der Waals surface area contributed by atoms with E-state index >= 15 is 0 Å². The normalized spacial score (nSPS) is 32.5. The number of aliphatic hydroxyl groups is 1. The molecule has 2 rings (SSSR count). The van der Waals surface area contributed by atoms with E-state index in [1.54, 1.807) is 23.6 Å². The summed E-state index contributed by atoms with van der Waals surface area (Å²) in [6, 6.07) is -0.344. The fourth-order valence-corrected chi connectivity index (χ4v) is 3.97. The molecule has 0 spiro atoms. The first-order valence-electron chi connectivity index (χ1n) is 6.36. The van der Waals surface area contributed by atoms with Crippen LogP contribution in [0.15, 0.2) is 0 Å². The number of nitrogens with zero attached hydrogens (tertiary/aromatic N) is 1. The van der Waals surface area contributed by atoms with E-state index in [1.807, 2.05) is 6.92 Å². The molecule has 0 bridgehead atoms. The Morgan fingerprint density at radius 1 is 1.72 bits per heavy atom. The summed E-state index contributed by atoms with van der Waals surface area (Å²) in [4.78, 5) is 25.5. The number of fused-ring (bicyclic) bond motifs is 1. The Hall–Kier alpha value is -0.750. The minimum Gasteiger partial charge on any atom is -0.393 e. The Morgan fingerprint density at radius 2 is 2.44 bits per heavy atom. The summed E-state index contributed by atoms with van der Waals surface area (Å²) in [5.41, 5.74) is 0. The van der Waals surface area contributed by atoms with Gasteiger partial charge in [-0.25, -0.2) is 0 Å². The average Bonchev–Trinajstić information content (AvgIpc) is 2.76. The van der Waals surface area contributed by atoms with E-state index in [4.69, 9.17) is 5.11 Å². The largest absolute Gasteiger partial charge is 0.393 e. The van der Waals surface area contributed by atoms with Gasteiger partial charge in [0.05, 0.1) is 11.0 Å². The molecule has 2 fully saturated rings. The van der Waals surface area contributed by atoms with Crippen LogP contribution in [0.5, 0.6) is 0 Å². The first-order valence-corrected chi connectivity index (χ1v) is 7.34. The molecule has 2 N–H and O–H groups in total. The Labute approximate surface area is 111 Å². The second-order valence-corrected chi connectivity index (χ2v) is 6.70. The highest BCUT2D eigenvalue weighted by Crippen LogP contribution is 2.47. The molecule has 0 aromatic heterocycles. The van der Waals surface area contributed by atoms with Gasteiger partial charge < -0.3 is 15.3 Å². The first kappa shape index (κ1) is 13.7. The molecule has 102 valence electrons. The van der Waals surface area contributed by atoms with Crippen LogP contribution < -0.4 is 5.32 Å². The lowest BCUT2D eigenvalue weighted by Gasteiger charge is -2.29. The topological polar surface area (TPSA) is 69.6 Å². The summed E-state index contributed by atoms with van der Waals surface area (Å²) in [6.07, 6.45) is 1.49. The molecule has 2 saturated heterocycles. The Balaban J connectivity index is 1.93. The lowest BCUT2D eigenvalue weighted by Crippen LogP contribution is -2.50. The predicted molar refractivity (Wildman–Crippen MR) is 70.0 cm³/mol. The molecule has 0 aromatic carbocycles. The quantitative estimate of drug-likeness (QED) is 0.773. The second kappa shape index (κ2) is 5.09. The van der Waals surface area contributed by atoms with Crippen LogP contribution in [0.2, 0.25) is 0 Å². The van der Waals surface area contributed by atoms with Gasteiger partial charge in [-0.1, -0.05) is 0 Å². The van der Waals surface area contributed by atoms with E-state index < -0.39 is 6.10 Å². The van der Waals surface area contributed by atoms with E-state index in [0.717, 1.165) is 6.42 Å². The molecule has 2 aliphatic rings. The summed E-state index contributed by atoms with van der Waals surface area (Å²) >= 11 is 1.69. The van der Waals surface area contributed by atoms with E-state index in [9.17, 15) is 9.59 Å². The number of thioether (sulfide) groups is 1. The van der Waals surface area contributed by atoms with Gasteiger partial charge in [-0.15, -0.1) is 11.8 Å². The van der Waals surface area contributed by atoms with E-state index in [1.165, 1.54) is 0 Å². The molecule has 3 atom stereocenters. The Kier molecular flexibility index (Phi) is 3.87. The second-order valence-electron chi connectivity index (χ2n) is 5.19. The maximum atomic E-state index is 12.1. The number of hydrogen-bond donors (Lipinski definition) is 2. The molecule has 0 saturated carbocycles. The fourth-order valence-electron chi connectivity index (χ4n) is 2.54. The van der Waals surface area contributed by atoms with Crippen molar-refractivity contribution in [3.63, 3.8) is 0 Å². The van der Waals surface area contributed by atoms with E-state index in [0.29, 0.717) is 25.1 Å². The van der Waals surface area contributed by atoms with Gasteiger partial charge >= 0.3 is 0 Å². The van der Waals surface area contributed by atoms with Crippen LogP contribution in [0.1, 0.15) is 33.1 Å². The molecule has 5 nitrogen and oxygen atoms in total. The van der Waals surface area contributed by atoms with Crippen LogP contribution in [0, 0.1) is 0 Å². The van der Waals surface area contributed by atoms with Gasteiger partial charge in [-0.05, 0) is 26.7 Å². The van der Waals surface area contributed by atoms with Crippen LogP contribution in [0.25, 0.3) is 0 Å². The molecule has 2 amide bonds. The highest BCUT2D eigenvalue weighted by molar-refractivity contribution is 8.01. The van der Waals surface area contributed by atoms with Crippen molar-refractivity contribution in [2.24, 2.45) is 0 Å². The first-order chi connectivity index (χ1) is 8.44. The third kappa shape index (κ3) is 2.49. The summed E-state index contributed by atoms with van der Waals surface area (Å²) in [5, 5.41) is 11.9. The van der Waals surface area contributed by atoms with Gasteiger partial charge in [0.1, 0.15) is 6.04 Å². The molecule has 0 aliphatic carbocycles. The van der Waals surface area contributed by atoms with E-state index in [-0.39, 0.29) is 22.7 Å².